The van der Waals surface area contributed by atoms with Crippen LogP contribution in [0.3, 0.4) is 0 Å². The Balaban J connectivity index is 1.75. The minimum absolute atomic E-state index is 0.156. The van der Waals surface area contributed by atoms with Gasteiger partial charge in [0.1, 0.15) is 11.6 Å². The van der Waals surface area contributed by atoms with Crippen molar-refractivity contribution in [1.82, 2.24) is 15.5 Å². The Morgan fingerprint density at radius 2 is 2.08 bits per heavy atom. The standard InChI is InChI=1S/C20H18FN3O2/c1-26-19-14(20(25)22-13-7-8-13)9-11-17-18(19)16(23-24-17)10-6-12-4-2-3-5-15(12)21/h2-6,9-11,13H,7-8H2,1H3,(H,22,25)(H,23,24)/b10-6+. The molecule has 4 rings (SSSR count). The molecule has 0 atom stereocenters. The van der Waals surface area contributed by atoms with Crippen LogP contribution in [-0.4, -0.2) is 29.3 Å². The van der Waals surface area contributed by atoms with Gasteiger partial charge in [0.05, 0.1) is 29.3 Å². The predicted octanol–water partition coefficient (Wildman–Crippen LogP) is 3.77. The van der Waals surface area contributed by atoms with Gasteiger partial charge in [-0.1, -0.05) is 18.2 Å². The van der Waals surface area contributed by atoms with Crippen molar-refractivity contribution >= 4 is 29.0 Å². The first kappa shape index (κ1) is 16.3. The maximum absolute atomic E-state index is 13.8. The fraction of sp³-hybridized carbons (Fsp3) is 0.200. The molecule has 1 aromatic heterocycles. The quantitative estimate of drug-likeness (QED) is 0.735. The van der Waals surface area contributed by atoms with Crippen molar-refractivity contribution in [2.75, 3.05) is 7.11 Å². The minimum Gasteiger partial charge on any atom is -0.495 e. The average molecular weight is 351 g/mol. The highest BCUT2D eigenvalue weighted by molar-refractivity contribution is 6.05. The molecule has 1 saturated carbocycles. The molecule has 2 N–H and O–H groups in total. The number of nitrogens with zero attached hydrogens (tertiary/aromatic N) is 1. The molecule has 5 nitrogen and oxygen atoms in total. The zero-order chi connectivity index (χ0) is 18.1. The van der Waals surface area contributed by atoms with Gasteiger partial charge < -0.3 is 10.1 Å². The van der Waals surface area contributed by atoms with Crippen molar-refractivity contribution in [3.05, 3.63) is 59.0 Å². The number of hydrogen-bond acceptors (Lipinski definition) is 3. The molecule has 1 aliphatic carbocycles. The van der Waals surface area contributed by atoms with Crippen LogP contribution in [0.2, 0.25) is 0 Å². The number of aromatic amines is 1. The minimum atomic E-state index is -0.302. The number of rotatable bonds is 5. The molecule has 0 unspecified atom stereocenters. The monoisotopic (exact) mass is 351 g/mol. The van der Waals surface area contributed by atoms with E-state index < -0.39 is 0 Å². The lowest BCUT2D eigenvalue weighted by molar-refractivity contribution is 0.0948. The summed E-state index contributed by atoms with van der Waals surface area (Å²) in [5, 5.41) is 10.8. The molecule has 0 spiro atoms. The summed E-state index contributed by atoms with van der Waals surface area (Å²) in [6.07, 6.45) is 5.43. The van der Waals surface area contributed by atoms with Gasteiger partial charge in [-0.3, -0.25) is 9.89 Å². The van der Waals surface area contributed by atoms with E-state index in [2.05, 4.69) is 15.5 Å². The van der Waals surface area contributed by atoms with Crippen LogP contribution in [-0.2, 0) is 0 Å². The number of aromatic nitrogens is 2. The van der Waals surface area contributed by atoms with E-state index in [9.17, 15) is 9.18 Å². The number of methoxy groups -OCH3 is 1. The number of hydrogen-bond donors (Lipinski definition) is 2. The summed E-state index contributed by atoms with van der Waals surface area (Å²) in [6, 6.07) is 10.3. The third kappa shape index (κ3) is 3.06. The van der Waals surface area contributed by atoms with Crippen LogP contribution >= 0.6 is 0 Å². The van der Waals surface area contributed by atoms with E-state index in [-0.39, 0.29) is 17.8 Å². The predicted molar refractivity (Wildman–Crippen MR) is 98.5 cm³/mol. The molecular formula is C20H18FN3O2. The molecule has 0 radical (unpaired) electrons. The zero-order valence-electron chi connectivity index (χ0n) is 14.3. The Kier molecular flexibility index (Phi) is 4.16. The second-order valence-electron chi connectivity index (χ2n) is 6.28. The fourth-order valence-corrected chi connectivity index (χ4v) is 2.89. The number of fused-ring (bicyclic) bond motifs is 1. The second-order valence-corrected chi connectivity index (χ2v) is 6.28. The van der Waals surface area contributed by atoms with Gasteiger partial charge in [0.15, 0.2) is 0 Å². The van der Waals surface area contributed by atoms with Gasteiger partial charge in [-0.15, -0.1) is 0 Å². The van der Waals surface area contributed by atoms with Gasteiger partial charge in [0, 0.05) is 11.6 Å². The number of carbonyl (C=O) groups is 1. The van der Waals surface area contributed by atoms with Crippen molar-refractivity contribution in [2.24, 2.45) is 0 Å². The van der Waals surface area contributed by atoms with Crippen molar-refractivity contribution in [1.29, 1.82) is 0 Å². The first-order valence-electron chi connectivity index (χ1n) is 8.46. The normalized spacial score (nSPS) is 14.1. The Labute approximate surface area is 149 Å². The van der Waals surface area contributed by atoms with E-state index in [4.69, 9.17) is 4.74 Å². The zero-order valence-corrected chi connectivity index (χ0v) is 14.3. The topological polar surface area (TPSA) is 67.0 Å². The van der Waals surface area contributed by atoms with Crippen molar-refractivity contribution in [2.45, 2.75) is 18.9 Å². The van der Waals surface area contributed by atoms with Crippen LogP contribution in [0.4, 0.5) is 4.39 Å². The SMILES string of the molecule is COc1c(C(=O)NC2CC2)ccc2n[nH]c(/C=C/c3ccccc3F)c12. The highest BCUT2D eigenvalue weighted by atomic mass is 19.1. The largest absolute Gasteiger partial charge is 0.495 e. The van der Waals surface area contributed by atoms with E-state index in [1.165, 1.54) is 13.2 Å². The Hall–Kier alpha value is -3.15. The van der Waals surface area contributed by atoms with Crippen LogP contribution in [0, 0.1) is 5.82 Å². The molecule has 26 heavy (non-hydrogen) atoms. The Morgan fingerprint density at radius 3 is 2.81 bits per heavy atom. The Morgan fingerprint density at radius 1 is 1.27 bits per heavy atom. The van der Waals surface area contributed by atoms with E-state index in [0.717, 1.165) is 12.8 Å². The third-order valence-electron chi connectivity index (χ3n) is 4.40. The summed E-state index contributed by atoms with van der Waals surface area (Å²) in [7, 11) is 1.53. The van der Waals surface area contributed by atoms with Gasteiger partial charge in [-0.2, -0.15) is 5.10 Å². The average Bonchev–Trinajstić information content (AvgIpc) is 3.37. The van der Waals surface area contributed by atoms with E-state index in [1.54, 1.807) is 42.5 Å². The van der Waals surface area contributed by atoms with Gasteiger partial charge in [-0.05, 0) is 43.2 Å². The summed E-state index contributed by atoms with van der Waals surface area (Å²) < 4.78 is 19.3. The van der Waals surface area contributed by atoms with Crippen molar-refractivity contribution in [3.8, 4) is 5.75 Å². The molecule has 1 fully saturated rings. The highest BCUT2D eigenvalue weighted by Gasteiger charge is 2.26. The van der Waals surface area contributed by atoms with E-state index in [1.807, 2.05) is 0 Å². The Bertz CT molecular complexity index is 1010. The molecule has 1 amide bonds. The molecule has 0 saturated heterocycles. The molecule has 0 bridgehead atoms. The van der Waals surface area contributed by atoms with Crippen LogP contribution in [0.25, 0.3) is 23.1 Å². The number of nitrogens with one attached hydrogen (secondary N) is 2. The summed E-state index contributed by atoms with van der Waals surface area (Å²) in [5.41, 5.74) is 2.27. The summed E-state index contributed by atoms with van der Waals surface area (Å²) >= 11 is 0. The first-order chi connectivity index (χ1) is 12.7. The number of ether oxygens (including phenoxy) is 1. The molecule has 6 heteroatoms. The van der Waals surface area contributed by atoms with Crippen LogP contribution < -0.4 is 10.1 Å². The lowest BCUT2D eigenvalue weighted by Gasteiger charge is -2.10. The number of halogens is 1. The van der Waals surface area contributed by atoms with Gasteiger partial charge in [0.2, 0.25) is 0 Å². The maximum atomic E-state index is 13.8. The van der Waals surface area contributed by atoms with E-state index >= 15 is 0 Å². The maximum Gasteiger partial charge on any atom is 0.255 e. The molecule has 132 valence electrons. The molecule has 1 aliphatic rings. The lowest BCUT2D eigenvalue weighted by atomic mass is 10.1. The van der Waals surface area contributed by atoms with E-state index in [0.29, 0.717) is 33.5 Å². The fourth-order valence-electron chi connectivity index (χ4n) is 2.89. The van der Waals surface area contributed by atoms with Gasteiger partial charge >= 0.3 is 0 Å². The lowest BCUT2D eigenvalue weighted by Crippen LogP contribution is -2.25. The smallest absolute Gasteiger partial charge is 0.255 e. The molecular weight excluding hydrogens is 333 g/mol. The summed E-state index contributed by atoms with van der Waals surface area (Å²) in [5.74, 6) is 0.00287. The van der Waals surface area contributed by atoms with Crippen LogP contribution in [0.15, 0.2) is 36.4 Å². The van der Waals surface area contributed by atoms with Gasteiger partial charge in [-0.25, -0.2) is 4.39 Å². The summed E-state index contributed by atoms with van der Waals surface area (Å²) in [4.78, 5) is 12.5. The number of amides is 1. The first-order valence-corrected chi connectivity index (χ1v) is 8.46. The molecule has 0 aliphatic heterocycles. The van der Waals surface area contributed by atoms with Gasteiger partial charge in [0.25, 0.3) is 5.91 Å². The van der Waals surface area contributed by atoms with Crippen molar-refractivity contribution < 1.29 is 13.9 Å². The number of carbonyl (C=O) groups excluding carboxylic acids is 1. The molecule has 3 aromatic rings. The summed E-state index contributed by atoms with van der Waals surface area (Å²) in [6.45, 7) is 0. The second kappa shape index (κ2) is 6.63. The molecule has 1 heterocycles. The molecule has 2 aromatic carbocycles. The van der Waals surface area contributed by atoms with Crippen LogP contribution in [0.1, 0.15) is 34.5 Å². The third-order valence-corrected chi connectivity index (χ3v) is 4.40. The number of H-pyrrole nitrogens is 1. The highest BCUT2D eigenvalue weighted by Crippen LogP contribution is 2.33. The number of benzene rings is 2. The van der Waals surface area contributed by atoms with Crippen molar-refractivity contribution in [3.63, 3.8) is 0 Å². The van der Waals surface area contributed by atoms with Crippen LogP contribution in [0.5, 0.6) is 5.75 Å².